The van der Waals surface area contributed by atoms with E-state index < -0.39 is 0 Å². The molecule has 1 fully saturated rings. The van der Waals surface area contributed by atoms with Gasteiger partial charge in [-0.3, -0.25) is 0 Å². The van der Waals surface area contributed by atoms with Crippen molar-refractivity contribution in [3.63, 3.8) is 0 Å². The van der Waals surface area contributed by atoms with Crippen LogP contribution in [0.25, 0.3) is 0 Å². The Labute approximate surface area is 99.1 Å². The Balaban J connectivity index is 1.95. The maximum atomic E-state index is 5.58. The molecule has 0 bridgehead atoms. The van der Waals surface area contributed by atoms with Crippen LogP contribution in [0.4, 0.5) is 0 Å². The molecule has 2 N–H and O–H groups in total. The van der Waals surface area contributed by atoms with Crippen LogP contribution in [0.5, 0.6) is 0 Å². The van der Waals surface area contributed by atoms with Crippen LogP contribution < -0.4 is 5.73 Å². The Hall–Kier alpha value is -0.160. The molecule has 0 unspecified atom stereocenters. The first-order valence-electron chi connectivity index (χ1n) is 6.36. The molecule has 96 valence electrons. The molecule has 0 saturated carbocycles. The molecular weight excluding hydrogens is 204 g/mol. The fourth-order valence-electron chi connectivity index (χ4n) is 2.17. The maximum absolute atomic E-state index is 5.58. The lowest BCUT2D eigenvalue weighted by atomic mass is 9.94. The summed E-state index contributed by atoms with van der Waals surface area (Å²) in [4.78, 5) is 2.49. The van der Waals surface area contributed by atoms with E-state index in [0.717, 1.165) is 25.6 Å². The highest BCUT2D eigenvalue weighted by molar-refractivity contribution is 4.72. The summed E-state index contributed by atoms with van der Waals surface area (Å²) in [7, 11) is 1.70. The third kappa shape index (κ3) is 5.80. The normalized spacial score (nSPS) is 19.1. The predicted octanol–water partition coefficient (Wildman–Crippen LogP) is 0.710. The van der Waals surface area contributed by atoms with Crippen molar-refractivity contribution < 1.29 is 9.47 Å². The zero-order valence-electron chi connectivity index (χ0n) is 10.5. The highest BCUT2D eigenvalue weighted by Gasteiger charge is 2.17. The van der Waals surface area contributed by atoms with Gasteiger partial charge in [-0.15, -0.1) is 0 Å². The van der Waals surface area contributed by atoms with Crippen LogP contribution in [-0.4, -0.2) is 58.0 Å². The number of piperidine rings is 1. The summed E-state index contributed by atoms with van der Waals surface area (Å²) in [6.07, 6.45) is 3.79. The SMILES string of the molecule is COCCOCCN1CCC(CCN)CC1. The van der Waals surface area contributed by atoms with Gasteiger partial charge in [0.15, 0.2) is 0 Å². The van der Waals surface area contributed by atoms with Crippen molar-refractivity contribution in [3.05, 3.63) is 0 Å². The van der Waals surface area contributed by atoms with Gasteiger partial charge in [-0.05, 0) is 44.8 Å². The molecule has 0 atom stereocenters. The molecule has 4 heteroatoms. The van der Waals surface area contributed by atoms with E-state index in [0.29, 0.717) is 13.2 Å². The standard InChI is InChI=1S/C12H26N2O2/c1-15-10-11-16-9-8-14-6-3-12(2-5-13)4-7-14/h12H,2-11,13H2,1H3. The number of hydrogen-bond donors (Lipinski definition) is 1. The van der Waals surface area contributed by atoms with Gasteiger partial charge < -0.3 is 20.1 Å². The lowest BCUT2D eigenvalue weighted by molar-refractivity contribution is 0.0508. The zero-order chi connectivity index (χ0) is 11.6. The Morgan fingerprint density at radius 3 is 2.56 bits per heavy atom. The largest absolute Gasteiger partial charge is 0.382 e. The summed E-state index contributed by atoms with van der Waals surface area (Å²) in [5, 5.41) is 0. The van der Waals surface area contributed by atoms with E-state index in [-0.39, 0.29) is 0 Å². The number of ether oxygens (including phenoxy) is 2. The summed E-state index contributed by atoms with van der Waals surface area (Å²) in [6, 6.07) is 0. The van der Waals surface area contributed by atoms with Crippen LogP contribution in [0.3, 0.4) is 0 Å². The Morgan fingerprint density at radius 1 is 1.19 bits per heavy atom. The summed E-state index contributed by atoms with van der Waals surface area (Å²) >= 11 is 0. The van der Waals surface area contributed by atoms with Crippen LogP contribution in [0, 0.1) is 5.92 Å². The summed E-state index contributed by atoms with van der Waals surface area (Å²) in [5.41, 5.74) is 5.58. The number of nitrogens with zero attached hydrogens (tertiary/aromatic N) is 1. The van der Waals surface area contributed by atoms with Crippen molar-refractivity contribution >= 4 is 0 Å². The highest BCUT2D eigenvalue weighted by atomic mass is 16.5. The number of rotatable bonds is 8. The first-order valence-corrected chi connectivity index (χ1v) is 6.36. The van der Waals surface area contributed by atoms with Gasteiger partial charge in [-0.1, -0.05) is 0 Å². The number of methoxy groups -OCH3 is 1. The minimum atomic E-state index is 0.693. The molecular formula is C12H26N2O2. The summed E-state index contributed by atoms with van der Waals surface area (Å²) in [6.45, 7) is 6.53. The molecule has 4 nitrogen and oxygen atoms in total. The minimum Gasteiger partial charge on any atom is -0.382 e. The first-order chi connectivity index (χ1) is 7.86. The predicted molar refractivity (Wildman–Crippen MR) is 65.5 cm³/mol. The van der Waals surface area contributed by atoms with Crippen LogP contribution in [0.1, 0.15) is 19.3 Å². The molecule has 0 aliphatic carbocycles. The average molecular weight is 230 g/mol. The van der Waals surface area contributed by atoms with E-state index >= 15 is 0 Å². The zero-order valence-corrected chi connectivity index (χ0v) is 10.5. The second-order valence-electron chi connectivity index (χ2n) is 4.47. The molecule has 0 aromatic rings. The van der Waals surface area contributed by atoms with Crippen LogP contribution in [0.15, 0.2) is 0 Å². The van der Waals surface area contributed by atoms with E-state index in [9.17, 15) is 0 Å². The quantitative estimate of drug-likeness (QED) is 0.624. The second-order valence-corrected chi connectivity index (χ2v) is 4.47. The van der Waals surface area contributed by atoms with Crippen molar-refractivity contribution in [2.45, 2.75) is 19.3 Å². The van der Waals surface area contributed by atoms with Crippen LogP contribution in [0.2, 0.25) is 0 Å². The molecule has 1 rings (SSSR count). The number of nitrogens with two attached hydrogens (primary N) is 1. The average Bonchev–Trinajstić information content (AvgIpc) is 2.31. The van der Waals surface area contributed by atoms with Crippen molar-refractivity contribution in [2.24, 2.45) is 11.7 Å². The molecule has 1 aliphatic rings. The van der Waals surface area contributed by atoms with Gasteiger partial charge in [0.05, 0.1) is 19.8 Å². The Kier molecular flexibility index (Phi) is 7.76. The Bertz CT molecular complexity index is 159. The van der Waals surface area contributed by atoms with Gasteiger partial charge in [0.2, 0.25) is 0 Å². The molecule has 0 aromatic carbocycles. The third-order valence-electron chi connectivity index (χ3n) is 3.27. The van der Waals surface area contributed by atoms with Crippen molar-refractivity contribution in [3.8, 4) is 0 Å². The fraction of sp³-hybridized carbons (Fsp3) is 1.00. The minimum absolute atomic E-state index is 0.693. The van der Waals surface area contributed by atoms with Crippen molar-refractivity contribution in [1.29, 1.82) is 0 Å². The molecule has 0 radical (unpaired) electrons. The molecule has 0 amide bonds. The van der Waals surface area contributed by atoms with Crippen LogP contribution >= 0.6 is 0 Å². The van der Waals surface area contributed by atoms with Crippen LogP contribution in [-0.2, 0) is 9.47 Å². The molecule has 1 heterocycles. The monoisotopic (exact) mass is 230 g/mol. The molecule has 0 aromatic heterocycles. The van der Waals surface area contributed by atoms with Gasteiger partial charge in [-0.2, -0.15) is 0 Å². The van der Waals surface area contributed by atoms with Gasteiger partial charge in [-0.25, -0.2) is 0 Å². The van der Waals surface area contributed by atoms with Gasteiger partial charge in [0.25, 0.3) is 0 Å². The molecule has 1 saturated heterocycles. The number of likely N-dealkylation sites (tertiary alicyclic amines) is 1. The van der Waals surface area contributed by atoms with E-state index in [1.54, 1.807) is 7.11 Å². The second kappa shape index (κ2) is 8.93. The first kappa shape index (κ1) is 13.9. The van der Waals surface area contributed by atoms with E-state index in [1.165, 1.54) is 32.4 Å². The molecule has 16 heavy (non-hydrogen) atoms. The van der Waals surface area contributed by atoms with Crippen molar-refractivity contribution in [1.82, 2.24) is 4.90 Å². The summed E-state index contributed by atoms with van der Waals surface area (Å²) < 4.78 is 10.4. The van der Waals surface area contributed by atoms with Gasteiger partial charge in [0.1, 0.15) is 0 Å². The van der Waals surface area contributed by atoms with Crippen molar-refractivity contribution in [2.75, 3.05) is 53.1 Å². The Morgan fingerprint density at radius 2 is 1.94 bits per heavy atom. The molecule has 0 spiro atoms. The fourth-order valence-corrected chi connectivity index (χ4v) is 2.17. The highest BCUT2D eigenvalue weighted by Crippen LogP contribution is 2.19. The smallest absolute Gasteiger partial charge is 0.0700 e. The summed E-state index contributed by atoms with van der Waals surface area (Å²) in [5.74, 6) is 0.857. The van der Waals surface area contributed by atoms with Gasteiger partial charge in [0, 0.05) is 13.7 Å². The van der Waals surface area contributed by atoms with E-state index in [2.05, 4.69) is 4.90 Å². The van der Waals surface area contributed by atoms with E-state index in [4.69, 9.17) is 15.2 Å². The third-order valence-corrected chi connectivity index (χ3v) is 3.27. The topological polar surface area (TPSA) is 47.7 Å². The number of hydrogen-bond acceptors (Lipinski definition) is 4. The lowest BCUT2D eigenvalue weighted by Gasteiger charge is -2.31. The molecule has 1 aliphatic heterocycles. The lowest BCUT2D eigenvalue weighted by Crippen LogP contribution is -2.36. The van der Waals surface area contributed by atoms with Gasteiger partial charge >= 0.3 is 0 Å². The maximum Gasteiger partial charge on any atom is 0.0700 e. The van der Waals surface area contributed by atoms with E-state index in [1.807, 2.05) is 0 Å².